The normalized spacial score (nSPS) is 13.5. The minimum Gasteiger partial charge on any atom is -0.341 e. The first-order valence-electron chi connectivity index (χ1n) is 8.34. The van der Waals surface area contributed by atoms with Crippen LogP contribution in [0.5, 0.6) is 0 Å². The van der Waals surface area contributed by atoms with Gasteiger partial charge in [-0.3, -0.25) is 9.59 Å². The predicted molar refractivity (Wildman–Crippen MR) is 101 cm³/mol. The van der Waals surface area contributed by atoms with Crippen molar-refractivity contribution in [3.63, 3.8) is 0 Å². The van der Waals surface area contributed by atoms with Crippen molar-refractivity contribution in [2.45, 2.75) is 17.5 Å². The average Bonchev–Trinajstić information content (AvgIpc) is 2.84. The van der Waals surface area contributed by atoms with Crippen LogP contribution >= 0.6 is 11.8 Å². The summed E-state index contributed by atoms with van der Waals surface area (Å²) in [5, 5.41) is 5.36. The van der Waals surface area contributed by atoms with Gasteiger partial charge >= 0.3 is 6.18 Å². The van der Waals surface area contributed by atoms with Gasteiger partial charge in [0, 0.05) is 28.2 Å². The maximum Gasteiger partial charge on any atom is 0.416 e. The third-order valence-electron chi connectivity index (χ3n) is 3.86. The minimum absolute atomic E-state index is 0.0206. The Labute approximate surface area is 163 Å². The van der Waals surface area contributed by atoms with Gasteiger partial charge in [0.15, 0.2) is 0 Å². The molecule has 1 aliphatic rings. The molecule has 3 rings (SSSR count). The highest BCUT2D eigenvalue weighted by atomic mass is 32.2. The van der Waals surface area contributed by atoms with Gasteiger partial charge in [0.2, 0.25) is 5.91 Å². The lowest BCUT2D eigenvalue weighted by molar-refractivity contribution is -0.137. The molecule has 1 aliphatic heterocycles. The molecule has 1 heterocycles. The average molecular weight is 404 g/mol. The van der Waals surface area contributed by atoms with Crippen molar-refractivity contribution >= 4 is 29.3 Å². The summed E-state index contributed by atoms with van der Waals surface area (Å²) in [6.07, 6.45) is -4.02. The molecule has 0 unspecified atom stereocenters. The highest BCUT2D eigenvalue weighted by Crippen LogP contribution is 2.31. The Kier molecular flexibility index (Phi) is 5.95. The number of rotatable bonds is 2. The first-order valence-corrected chi connectivity index (χ1v) is 9.32. The Morgan fingerprint density at radius 3 is 2.82 bits per heavy atom. The van der Waals surface area contributed by atoms with Crippen LogP contribution in [0.2, 0.25) is 0 Å². The number of carbonyl (C=O) groups is 2. The number of alkyl halides is 3. The molecule has 0 saturated carbocycles. The van der Waals surface area contributed by atoms with Gasteiger partial charge in [-0.2, -0.15) is 13.2 Å². The van der Waals surface area contributed by atoms with Crippen molar-refractivity contribution < 1.29 is 22.8 Å². The fourth-order valence-corrected chi connectivity index (χ4v) is 3.44. The fraction of sp³-hybridized carbons (Fsp3) is 0.200. The SMILES string of the molecule is O=C1CCSc2ccc(C(=O)NCC#Cc3cccc(C(F)(F)F)c3)cc2N1. The predicted octanol–water partition coefficient (Wildman–Crippen LogP) is 3.92. The third kappa shape index (κ3) is 5.08. The molecule has 144 valence electrons. The van der Waals surface area contributed by atoms with Crippen LogP contribution in [0.15, 0.2) is 47.4 Å². The van der Waals surface area contributed by atoms with E-state index in [9.17, 15) is 22.8 Å². The Morgan fingerprint density at radius 2 is 2.04 bits per heavy atom. The molecule has 28 heavy (non-hydrogen) atoms. The number of fused-ring (bicyclic) bond motifs is 1. The number of benzene rings is 2. The van der Waals surface area contributed by atoms with Crippen LogP contribution in [-0.2, 0) is 11.0 Å². The molecule has 0 atom stereocenters. The van der Waals surface area contributed by atoms with Crippen molar-refractivity contribution in [1.29, 1.82) is 0 Å². The first kappa shape index (κ1) is 19.8. The number of nitrogens with one attached hydrogen (secondary N) is 2. The molecule has 0 radical (unpaired) electrons. The zero-order chi connectivity index (χ0) is 20.1. The smallest absolute Gasteiger partial charge is 0.341 e. The van der Waals surface area contributed by atoms with E-state index in [0.717, 1.165) is 17.0 Å². The van der Waals surface area contributed by atoms with Gasteiger partial charge in [-0.15, -0.1) is 11.8 Å². The summed E-state index contributed by atoms with van der Waals surface area (Å²) in [5.41, 5.74) is 0.402. The van der Waals surface area contributed by atoms with E-state index < -0.39 is 11.7 Å². The number of carbonyl (C=O) groups excluding carboxylic acids is 2. The molecule has 2 aromatic carbocycles. The standard InChI is InChI=1S/C20H15F3N2O2S/c21-20(22,23)15-5-1-3-13(11-15)4-2-9-24-19(27)14-6-7-17-16(12-14)25-18(26)8-10-28-17/h1,3,5-7,11-12H,8-10H2,(H,24,27)(H,25,26). The third-order valence-corrected chi connectivity index (χ3v) is 4.94. The lowest BCUT2D eigenvalue weighted by Gasteiger charge is -2.08. The molecule has 0 aromatic heterocycles. The van der Waals surface area contributed by atoms with E-state index in [1.54, 1.807) is 18.2 Å². The molecule has 2 amide bonds. The van der Waals surface area contributed by atoms with Crippen molar-refractivity contribution in [3.8, 4) is 11.8 Å². The molecular formula is C20H15F3N2O2S. The molecule has 0 bridgehead atoms. The second-order valence-electron chi connectivity index (χ2n) is 5.92. The van der Waals surface area contributed by atoms with Crippen LogP contribution in [-0.4, -0.2) is 24.1 Å². The summed E-state index contributed by atoms with van der Waals surface area (Å²) in [5.74, 6) is 5.43. The quantitative estimate of drug-likeness (QED) is 0.746. The van der Waals surface area contributed by atoms with Crippen molar-refractivity contribution in [3.05, 3.63) is 59.2 Å². The van der Waals surface area contributed by atoms with Gasteiger partial charge in [-0.25, -0.2) is 0 Å². The molecule has 2 N–H and O–H groups in total. The maximum absolute atomic E-state index is 12.7. The second kappa shape index (κ2) is 8.40. The van der Waals surface area contributed by atoms with Gasteiger partial charge in [-0.05, 0) is 36.4 Å². The summed E-state index contributed by atoms with van der Waals surface area (Å²) in [6.45, 7) is -0.0206. The number of amides is 2. The number of halogens is 3. The summed E-state index contributed by atoms with van der Waals surface area (Å²) in [4.78, 5) is 24.8. The van der Waals surface area contributed by atoms with Crippen molar-refractivity contribution in [2.75, 3.05) is 17.6 Å². The van der Waals surface area contributed by atoms with E-state index >= 15 is 0 Å². The van der Waals surface area contributed by atoms with Crippen LogP contribution in [0.1, 0.15) is 27.9 Å². The molecule has 2 aromatic rings. The molecule has 0 spiro atoms. The van der Waals surface area contributed by atoms with Gasteiger partial charge in [-0.1, -0.05) is 17.9 Å². The van der Waals surface area contributed by atoms with Crippen LogP contribution in [0, 0.1) is 11.8 Å². The van der Waals surface area contributed by atoms with Gasteiger partial charge in [0.1, 0.15) is 0 Å². The highest BCUT2D eigenvalue weighted by molar-refractivity contribution is 7.99. The fourth-order valence-electron chi connectivity index (χ4n) is 2.51. The Hall–Kier alpha value is -2.92. The maximum atomic E-state index is 12.7. The molecule has 0 aliphatic carbocycles. The van der Waals surface area contributed by atoms with Crippen molar-refractivity contribution in [2.24, 2.45) is 0 Å². The highest BCUT2D eigenvalue weighted by Gasteiger charge is 2.30. The lowest BCUT2D eigenvalue weighted by Crippen LogP contribution is -2.23. The van der Waals surface area contributed by atoms with Gasteiger partial charge in [0.25, 0.3) is 5.91 Å². The Bertz CT molecular complexity index is 977. The monoisotopic (exact) mass is 404 g/mol. The van der Waals surface area contributed by atoms with E-state index in [2.05, 4.69) is 22.5 Å². The Morgan fingerprint density at radius 1 is 1.21 bits per heavy atom. The summed E-state index contributed by atoms with van der Waals surface area (Å²) in [7, 11) is 0. The molecule has 0 saturated heterocycles. The number of anilines is 1. The first-order chi connectivity index (χ1) is 13.3. The largest absolute Gasteiger partial charge is 0.416 e. The van der Waals surface area contributed by atoms with Crippen LogP contribution in [0.25, 0.3) is 0 Å². The van der Waals surface area contributed by atoms with Crippen molar-refractivity contribution in [1.82, 2.24) is 5.32 Å². The zero-order valence-electron chi connectivity index (χ0n) is 14.5. The van der Waals surface area contributed by atoms with Crippen LogP contribution in [0.3, 0.4) is 0 Å². The number of hydrogen-bond donors (Lipinski definition) is 2. The van der Waals surface area contributed by atoms with E-state index in [0.29, 0.717) is 23.4 Å². The number of thioether (sulfide) groups is 1. The summed E-state index contributed by atoms with van der Waals surface area (Å²) in [6, 6.07) is 9.71. The van der Waals surface area contributed by atoms with Gasteiger partial charge in [0.05, 0.1) is 17.8 Å². The van der Waals surface area contributed by atoms with E-state index in [1.807, 2.05) is 0 Å². The zero-order valence-corrected chi connectivity index (χ0v) is 15.3. The van der Waals surface area contributed by atoms with Crippen LogP contribution in [0.4, 0.5) is 18.9 Å². The second-order valence-corrected chi connectivity index (χ2v) is 7.06. The van der Waals surface area contributed by atoms with E-state index in [1.165, 1.54) is 23.9 Å². The molecule has 8 heteroatoms. The Balaban J connectivity index is 1.63. The van der Waals surface area contributed by atoms with Gasteiger partial charge < -0.3 is 10.6 Å². The number of hydrogen-bond acceptors (Lipinski definition) is 3. The lowest BCUT2D eigenvalue weighted by atomic mass is 10.1. The topological polar surface area (TPSA) is 58.2 Å². The molecule has 4 nitrogen and oxygen atoms in total. The summed E-state index contributed by atoms with van der Waals surface area (Å²) >= 11 is 1.54. The van der Waals surface area contributed by atoms with Crippen LogP contribution < -0.4 is 10.6 Å². The molecular weight excluding hydrogens is 389 g/mol. The molecule has 0 fully saturated rings. The van der Waals surface area contributed by atoms with E-state index in [-0.39, 0.29) is 23.9 Å². The summed E-state index contributed by atoms with van der Waals surface area (Å²) < 4.78 is 38.1. The van der Waals surface area contributed by atoms with E-state index in [4.69, 9.17) is 0 Å². The minimum atomic E-state index is -4.43.